The zero-order valence-electron chi connectivity index (χ0n) is 14.2. The van der Waals surface area contributed by atoms with Gasteiger partial charge in [0.2, 0.25) is 5.91 Å². The first-order chi connectivity index (χ1) is 12.6. The second kappa shape index (κ2) is 7.49. The van der Waals surface area contributed by atoms with E-state index in [-0.39, 0.29) is 18.0 Å². The summed E-state index contributed by atoms with van der Waals surface area (Å²) in [6.45, 7) is 1.85. The first-order valence-electron chi connectivity index (χ1n) is 8.04. The van der Waals surface area contributed by atoms with Crippen LogP contribution < -0.4 is 10.9 Å². The average Bonchev–Trinajstić information content (AvgIpc) is 3.13. The molecule has 130 valence electrons. The Balaban J connectivity index is 1.63. The molecule has 3 aromatic rings. The average molecular weight is 347 g/mol. The van der Waals surface area contributed by atoms with E-state index in [0.29, 0.717) is 12.1 Å². The molecule has 0 saturated heterocycles. The molecule has 0 aliphatic carbocycles. The number of hydrogen-bond donors (Lipinski definition) is 1. The molecule has 0 aliphatic rings. The van der Waals surface area contributed by atoms with Crippen LogP contribution in [0.3, 0.4) is 0 Å². The highest BCUT2D eigenvalue weighted by atomic mass is 16.2. The minimum atomic E-state index is -0.459. The summed E-state index contributed by atoms with van der Waals surface area (Å²) >= 11 is 0. The normalized spacial score (nSPS) is 10.3. The fourth-order valence-electron chi connectivity index (χ4n) is 2.51. The van der Waals surface area contributed by atoms with Gasteiger partial charge in [-0.25, -0.2) is 4.68 Å². The third-order valence-corrected chi connectivity index (χ3v) is 3.95. The van der Waals surface area contributed by atoms with Crippen LogP contribution in [-0.4, -0.2) is 20.3 Å². The van der Waals surface area contributed by atoms with Crippen molar-refractivity contribution in [1.82, 2.24) is 19.7 Å². The van der Waals surface area contributed by atoms with Gasteiger partial charge in [0.15, 0.2) is 0 Å². The van der Waals surface area contributed by atoms with Crippen molar-refractivity contribution in [2.24, 2.45) is 0 Å². The molecule has 7 heteroatoms. The maximum Gasteiger partial charge on any atom is 0.269 e. The number of hydrogen-bond acceptors (Lipinski definition) is 4. The third-order valence-electron chi connectivity index (χ3n) is 3.95. The van der Waals surface area contributed by atoms with Crippen molar-refractivity contribution in [1.29, 1.82) is 5.26 Å². The predicted octanol–water partition coefficient (Wildman–Crippen LogP) is 1.53. The molecule has 1 amide bonds. The molecule has 0 saturated carbocycles. The molecule has 7 nitrogen and oxygen atoms in total. The zero-order valence-corrected chi connectivity index (χ0v) is 14.2. The van der Waals surface area contributed by atoms with Gasteiger partial charge < -0.3 is 9.88 Å². The van der Waals surface area contributed by atoms with Gasteiger partial charge in [-0.1, -0.05) is 18.2 Å². The molecule has 0 bridgehead atoms. The van der Waals surface area contributed by atoms with Crippen LogP contribution in [0.5, 0.6) is 0 Å². The van der Waals surface area contributed by atoms with E-state index in [0.717, 1.165) is 11.3 Å². The number of carbonyl (C=O) groups excluding carboxylic acids is 1. The smallest absolute Gasteiger partial charge is 0.269 e. The number of benzene rings is 1. The minimum Gasteiger partial charge on any atom is -0.350 e. The van der Waals surface area contributed by atoms with Gasteiger partial charge in [-0.15, -0.1) is 0 Å². The van der Waals surface area contributed by atoms with E-state index in [9.17, 15) is 9.59 Å². The Morgan fingerprint density at radius 2 is 2.04 bits per heavy atom. The standard InChI is InChI=1S/C19H17N5O2/c1-14-7-8-23(19(26)17(14)9-20)13-18(25)21-10-15-11-22-24(12-15)16-5-3-2-4-6-16/h2-8,11-12H,10,13H2,1H3,(H,21,25). The SMILES string of the molecule is Cc1ccn(CC(=O)NCc2cnn(-c3ccccc3)c2)c(=O)c1C#N. The summed E-state index contributed by atoms with van der Waals surface area (Å²) in [6.07, 6.45) is 5.03. The van der Waals surface area contributed by atoms with Crippen LogP contribution >= 0.6 is 0 Å². The van der Waals surface area contributed by atoms with Gasteiger partial charge in [-0.05, 0) is 30.7 Å². The highest BCUT2D eigenvalue weighted by molar-refractivity contribution is 5.75. The van der Waals surface area contributed by atoms with Crippen molar-refractivity contribution in [2.45, 2.75) is 20.0 Å². The molecule has 2 heterocycles. The summed E-state index contributed by atoms with van der Waals surface area (Å²) in [5, 5.41) is 16.1. The number of aromatic nitrogens is 3. The molecule has 3 rings (SSSR count). The third kappa shape index (κ3) is 3.70. The van der Waals surface area contributed by atoms with E-state index in [1.54, 1.807) is 23.9 Å². The molecule has 0 radical (unpaired) electrons. The molecule has 26 heavy (non-hydrogen) atoms. The van der Waals surface area contributed by atoms with Crippen LogP contribution in [-0.2, 0) is 17.9 Å². The number of nitrogens with one attached hydrogen (secondary N) is 1. The molecule has 0 atom stereocenters. The van der Waals surface area contributed by atoms with Crippen molar-refractivity contribution >= 4 is 5.91 Å². The molecular formula is C19H17N5O2. The fraction of sp³-hybridized carbons (Fsp3) is 0.158. The number of nitrogens with zero attached hydrogens (tertiary/aromatic N) is 4. The summed E-state index contributed by atoms with van der Waals surface area (Å²) in [5.74, 6) is -0.313. The minimum absolute atomic E-state index is 0.0597. The lowest BCUT2D eigenvalue weighted by Crippen LogP contribution is -2.32. The maximum atomic E-state index is 12.1. The predicted molar refractivity (Wildman–Crippen MR) is 95.6 cm³/mol. The summed E-state index contributed by atoms with van der Waals surface area (Å²) in [4.78, 5) is 24.3. The van der Waals surface area contributed by atoms with E-state index in [2.05, 4.69) is 10.4 Å². The van der Waals surface area contributed by atoms with Crippen molar-refractivity contribution in [3.63, 3.8) is 0 Å². The Morgan fingerprint density at radius 3 is 2.77 bits per heavy atom. The second-order valence-electron chi connectivity index (χ2n) is 5.82. The van der Waals surface area contributed by atoms with E-state index in [4.69, 9.17) is 5.26 Å². The van der Waals surface area contributed by atoms with Gasteiger partial charge >= 0.3 is 0 Å². The molecule has 1 aromatic carbocycles. The van der Waals surface area contributed by atoms with Gasteiger partial charge in [0.25, 0.3) is 5.56 Å². The summed E-state index contributed by atoms with van der Waals surface area (Å²) in [5.41, 5.74) is 1.97. The number of amides is 1. The number of carbonyl (C=O) groups is 1. The Bertz CT molecular complexity index is 1030. The molecule has 0 spiro atoms. The van der Waals surface area contributed by atoms with Crippen molar-refractivity contribution < 1.29 is 4.79 Å². The number of pyridine rings is 1. The van der Waals surface area contributed by atoms with Gasteiger partial charge in [-0.2, -0.15) is 10.4 Å². The van der Waals surface area contributed by atoms with Crippen molar-refractivity contribution in [2.75, 3.05) is 0 Å². The maximum absolute atomic E-state index is 12.1. The highest BCUT2D eigenvalue weighted by Crippen LogP contribution is 2.07. The van der Waals surface area contributed by atoms with Crippen LogP contribution in [0.25, 0.3) is 5.69 Å². The van der Waals surface area contributed by atoms with E-state index in [1.165, 1.54) is 10.8 Å². The Labute approximate surface area is 150 Å². The Morgan fingerprint density at radius 1 is 1.27 bits per heavy atom. The highest BCUT2D eigenvalue weighted by Gasteiger charge is 2.10. The fourth-order valence-corrected chi connectivity index (χ4v) is 2.51. The van der Waals surface area contributed by atoms with Crippen molar-refractivity contribution in [3.05, 3.63) is 82.0 Å². The number of para-hydroxylation sites is 1. The van der Waals surface area contributed by atoms with Crippen LogP contribution in [0.15, 0.2) is 59.8 Å². The largest absolute Gasteiger partial charge is 0.350 e. The lowest BCUT2D eigenvalue weighted by molar-refractivity contribution is -0.121. The molecule has 0 aliphatic heterocycles. The van der Waals surface area contributed by atoms with Crippen LogP contribution in [0.1, 0.15) is 16.7 Å². The zero-order chi connectivity index (χ0) is 18.5. The summed E-state index contributed by atoms with van der Waals surface area (Å²) < 4.78 is 2.96. The van der Waals surface area contributed by atoms with E-state index >= 15 is 0 Å². The first-order valence-corrected chi connectivity index (χ1v) is 8.04. The number of aryl methyl sites for hydroxylation is 1. The van der Waals surface area contributed by atoms with Gasteiger partial charge in [0.05, 0.1) is 11.9 Å². The molecular weight excluding hydrogens is 330 g/mol. The van der Waals surface area contributed by atoms with Gasteiger partial charge in [0.1, 0.15) is 18.2 Å². The van der Waals surface area contributed by atoms with Crippen molar-refractivity contribution in [3.8, 4) is 11.8 Å². The molecule has 0 fully saturated rings. The van der Waals surface area contributed by atoms with Crippen LogP contribution in [0, 0.1) is 18.3 Å². The van der Waals surface area contributed by atoms with Crippen LogP contribution in [0.4, 0.5) is 0 Å². The lowest BCUT2D eigenvalue weighted by atomic mass is 10.2. The molecule has 1 N–H and O–H groups in total. The van der Waals surface area contributed by atoms with Gasteiger partial charge in [0, 0.05) is 24.5 Å². The van der Waals surface area contributed by atoms with Gasteiger partial charge in [-0.3, -0.25) is 9.59 Å². The number of nitriles is 1. The Kier molecular flexibility index (Phi) is 4.94. The van der Waals surface area contributed by atoms with Crippen LogP contribution in [0.2, 0.25) is 0 Å². The quantitative estimate of drug-likeness (QED) is 0.757. The lowest BCUT2D eigenvalue weighted by Gasteiger charge is -2.08. The second-order valence-corrected chi connectivity index (χ2v) is 5.82. The van der Waals surface area contributed by atoms with E-state index in [1.807, 2.05) is 42.6 Å². The van der Waals surface area contributed by atoms with E-state index < -0.39 is 5.56 Å². The summed E-state index contributed by atoms with van der Waals surface area (Å²) in [6, 6.07) is 13.2. The Hall–Kier alpha value is -3.66. The molecule has 2 aromatic heterocycles. The molecule has 0 unspecified atom stereocenters. The first kappa shape index (κ1) is 17.2. The summed E-state index contributed by atoms with van der Waals surface area (Å²) in [7, 11) is 0. The number of rotatable bonds is 5. The topological polar surface area (TPSA) is 92.7 Å². The monoisotopic (exact) mass is 347 g/mol.